The van der Waals surface area contributed by atoms with Gasteiger partial charge in [0.2, 0.25) is 0 Å². The van der Waals surface area contributed by atoms with Crippen LogP contribution in [-0.2, 0) is 4.74 Å². The highest BCUT2D eigenvalue weighted by atomic mass is 32.2. The molecule has 18 heavy (non-hydrogen) atoms. The van der Waals surface area contributed by atoms with E-state index in [1.165, 1.54) is 49.4 Å². The minimum absolute atomic E-state index is 0.651. The van der Waals surface area contributed by atoms with Crippen molar-refractivity contribution >= 4 is 16.9 Å². The zero-order chi connectivity index (χ0) is 12.2. The third kappa shape index (κ3) is 3.21. The van der Waals surface area contributed by atoms with Crippen LogP contribution in [0.2, 0.25) is 0 Å². The molecule has 0 aromatic carbocycles. The predicted octanol–water partition coefficient (Wildman–Crippen LogP) is 2.66. The standard InChI is InChI=1S/C14H24N2OS/c1-2-6-13-12(5-1)10-18-14(16-13)15-8-11-4-3-7-17-9-11/h11-13H,1-10H2,(H,15,16). The summed E-state index contributed by atoms with van der Waals surface area (Å²) in [5.41, 5.74) is 0. The molecule has 3 nitrogen and oxygen atoms in total. The van der Waals surface area contributed by atoms with Crippen LogP contribution in [0.15, 0.2) is 4.99 Å². The molecule has 0 aromatic rings. The van der Waals surface area contributed by atoms with E-state index in [1.54, 1.807) is 0 Å². The van der Waals surface area contributed by atoms with E-state index in [0.29, 0.717) is 12.0 Å². The van der Waals surface area contributed by atoms with Gasteiger partial charge in [0, 0.05) is 30.9 Å². The molecule has 1 saturated carbocycles. The highest BCUT2D eigenvalue weighted by Crippen LogP contribution is 2.31. The first-order valence-electron chi connectivity index (χ1n) is 7.43. The second-order valence-corrected chi connectivity index (χ2v) is 6.84. The monoisotopic (exact) mass is 268 g/mol. The Kier molecular flexibility index (Phi) is 4.47. The van der Waals surface area contributed by atoms with Crippen molar-refractivity contribution in [2.75, 3.05) is 25.5 Å². The summed E-state index contributed by atoms with van der Waals surface area (Å²) < 4.78 is 5.51. The van der Waals surface area contributed by atoms with Crippen LogP contribution >= 0.6 is 11.8 Å². The van der Waals surface area contributed by atoms with E-state index in [2.05, 4.69) is 5.32 Å². The van der Waals surface area contributed by atoms with Crippen molar-refractivity contribution in [2.45, 2.75) is 44.6 Å². The molecule has 2 heterocycles. The van der Waals surface area contributed by atoms with Crippen LogP contribution in [0, 0.1) is 11.8 Å². The smallest absolute Gasteiger partial charge is 0.156 e. The minimum Gasteiger partial charge on any atom is -0.381 e. The van der Waals surface area contributed by atoms with Crippen LogP contribution in [0.25, 0.3) is 0 Å². The lowest BCUT2D eigenvalue weighted by atomic mass is 9.86. The second-order valence-electron chi connectivity index (χ2n) is 5.84. The number of amidine groups is 1. The number of aliphatic imine (C=N–C) groups is 1. The summed E-state index contributed by atoms with van der Waals surface area (Å²) in [5, 5.41) is 4.86. The van der Waals surface area contributed by atoms with Crippen LogP contribution < -0.4 is 5.32 Å². The van der Waals surface area contributed by atoms with Crippen LogP contribution in [0.4, 0.5) is 0 Å². The summed E-state index contributed by atoms with van der Waals surface area (Å²) in [5.74, 6) is 2.82. The summed E-state index contributed by atoms with van der Waals surface area (Å²) in [7, 11) is 0. The Morgan fingerprint density at radius 3 is 3.06 bits per heavy atom. The van der Waals surface area contributed by atoms with E-state index in [1.807, 2.05) is 11.8 Å². The fourth-order valence-electron chi connectivity index (χ4n) is 3.24. The number of nitrogens with zero attached hydrogens (tertiary/aromatic N) is 1. The number of thioether (sulfide) groups is 1. The molecular weight excluding hydrogens is 244 g/mol. The van der Waals surface area contributed by atoms with Gasteiger partial charge in [-0.25, -0.2) is 0 Å². The van der Waals surface area contributed by atoms with Gasteiger partial charge in [0.25, 0.3) is 0 Å². The summed E-state index contributed by atoms with van der Waals surface area (Å²) in [6, 6.07) is 0.710. The molecular formula is C14H24N2OS. The van der Waals surface area contributed by atoms with Crippen LogP contribution in [0.1, 0.15) is 38.5 Å². The van der Waals surface area contributed by atoms with Crippen molar-refractivity contribution in [1.82, 2.24) is 5.32 Å². The van der Waals surface area contributed by atoms with Gasteiger partial charge < -0.3 is 10.1 Å². The van der Waals surface area contributed by atoms with Gasteiger partial charge >= 0.3 is 0 Å². The van der Waals surface area contributed by atoms with Crippen LogP contribution in [0.5, 0.6) is 0 Å². The molecule has 2 saturated heterocycles. The summed E-state index contributed by atoms with van der Waals surface area (Å²) in [4.78, 5) is 4.79. The summed E-state index contributed by atoms with van der Waals surface area (Å²) >= 11 is 1.94. The maximum absolute atomic E-state index is 5.51. The Labute approximate surface area is 114 Å². The maximum Gasteiger partial charge on any atom is 0.156 e. The highest BCUT2D eigenvalue weighted by molar-refractivity contribution is 8.13. The molecule has 0 aromatic heterocycles. The van der Waals surface area contributed by atoms with E-state index < -0.39 is 0 Å². The van der Waals surface area contributed by atoms with Crippen molar-refractivity contribution in [3.63, 3.8) is 0 Å². The van der Waals surface area contributed by atoms with E-state index in [9.17, 15) is 0 Å². The second kappa shape index (κ2) is 6.29. The highest BCUT2D eigenvalue weighted by Gasteiger charge is 2.30. The maximum atomic E-state index is 5.51. The first kappa shape index (κ1) is 12.8. The fraction of sp³-hybridized carbons (Fsp3) is 0.929. The molecule has 0 radical (unpaired) electrons. The van der Waals surface area contributed by atoms with Gasteiger partial charge in [0.15, 0.2) is 5.17 Å². The third-order valence-electron chi connectivity index (χ3n) is 4.40. The van der Waals surface area contributed by atoms with E-state index >= 15 is 0 Å². The molecule has 2 aliphatic heterocycles. The zero-order valence-corrected chi connectivity index (χ0v) is 11.9. The topological polar surface area (TPSA) is 33.6 Å². The van der Waals surface area contributed by atoms with Crippen molar-refractivity contribution in [2.24, 2.45) is 16.8 Å². The molecule has 0 bridgehead atoms. The Balaban J connectivity index is 1.50. The SMILES string of the molecule is C1COCC(CN=C2NC3CCCCC3CS2)C1. The van der Waals surface area contributed by atoms with Gasteiger partial charge in [-0.2, -0.15) is 0 Å². The third-order valence-corrected chi connectivity index (χ3v) is 5.51. The number of rotatable bonds is 2. The van der Waals surface area contributed by atoms with Gasteiger partial charge in [-0.15, -0.1) is 0 Å². The Morgan fingerprint density at radius 1 is 1.22 bits per heavy atom. The van der Waals surface area contributed by atoms with Crippen molar-refractivity contribution in [1.29, 1.82) is 0 Å². The van der Waals surface area contributed by atoms with E-state index in [4.69, 9.17) is 9.73 Å². The van der Waals surface area contributed by atoms with Crippen molar-refractivity contribution < 1.29 is 4.74 Å². The molecule has 102 valence electrons. The van der Waals surface area contributed by atoms with Crippen molar-refractivity contribution in [3.8, 4) is 0 Å². The minimum atomic E-state index is 0.651. The van der Waals surface area contributed by atoms with E-state index in [-0.39, 0.29) is 0 Å². The van der Waals surface area contributed by atoms with Gasteiger partial charge in [-0.05, 0) is 31.6 Å². The molecule has 3 fully saturated rings. The first-order chi connectivity index (χ1) is 8.92. The van der Waals surface area contributed by atoms with Crippen LogP contribution in [0.3, 0.4) is 0 Å². The lowest BCUT2D eigenvalue weighted by Crippen LogP contribution is -2.46. The number of hydrogen-bond acceptors (Lipinski definition) is 3. The lowest BCUT2D eigenvalue weighted by Gasteiger charge is -2.37. The molecule has 3 aliphatic rings. The Hall–Kier alpha value is -0.220. The predicted molar refractivity (Wildman–Crippen MR) is 77.2 cm³/mol. The summed E-state index contributed by atoms with van der Waals surface area (Å²) in [6.45, 7) is 2.81. The summed E-state index contributed by atoms with van der Waals surface area (Å²) in [6.07, 6.45) is 8.07. The average Bonchev–Trinajstić information content (AvgIpc) is 2.46. The molecule has 0 spiro atoms. The Bertz CT molecular complexity index is 302. The molecule has 3 rings (SSSR count). The van der Waals surface area contributed by atoms with Crippen molar-refractivity contribution in [3.05, 3.63) is 0 Å². The fourth-order valence-corrected chi connectivity index (χ4v) is 4.41. The van der Waals surface area contributed by atoms with Crippen LogP contribution in [-0.4, -0.2) is 36.7 Å². The molecule has 4 heteroatoms. The number of ether oxygens (including phenoxy) is 1. The molecule has 3 atom stereocenters. The normalized spacial score (nSPS) is 39.1. The Morgan fingerprint density at radius 2 is 2.17 bits per heavy atom. The van der Waals surface area contributed by atoms with E-state index in [0.717, 1.165) is 25.7 Å². The average molecular weight is 268 g/mol. The van der Waals surface area contributed by atoms with Gasteiger partial charge in [-0.1, -0.05) is 24.6 Å². The zero-order valence-electron chi connectivity index (χ0n) is 11.1. The number of hydrogen-bond donors (Lipinski definition) is 1. The molecule has 3 unspecified atom stereocenters. The van der Waals surface area contributed by atoms with Gasteiger partial charge in [0.05, 0.1) is 6.61 Å². The number of fused-ring (bicyclic) bond motifs is 1. The first-order valence-corrected chi connectivity index (χ1v) is 8.42. The quantitative estimate of drug-likeness (QED) is 0.836. The number of nitrogens with one attached hydrogen (secondary N) is 1. The molecule has 1 aliphatic carbocycles. The van der Waals surface area contributed by atoms with Gasteiger partial charge in [-0.3, -0.25) is 4.99 Å². The van der Waals surface area contributed by atoms with Gasteiger partial charge in [0.1, 0.15) is 0 Å². The molecule has 0 amide bonds. The lowest BCUT2D eigenvalue weighted by molar-refractivity contribution is 0.0582. The molecule has 1 N–H and O–H groups in total. The largest absolute Gasteiger partial charge is 0.381 e.